The largest absolute Gasteiger partial charge is 0.495 e. The Morgan fingerprint density at radius 2 is 1.80 bits per heavy atom. The summed E-state index contributed by atoms with van der Waals surface area (Å²) in [5.74, 6) is 0.380. The van der Waals surface area contributed by atoms with E-state index < -0.39 is 10.0 Å². The fraction of sp³-hybridized carbons (Fsp3) is 0.368. The van der Waals surface area contributed by atoms with Crippen LogP contribution in [0.1, 0.15) is 22.8 Å². The second-order valence-corrected chi connectivity index (χ2v) is 8.13. The molecule has 2 aromatic carbocycles. The van der Waals surface area contributed by atoms with Crippen LogP contribution >= 0.6 is 0 Å². The number of nitrogens with zero attached hydrogens (tertiary/aromatic N) is 1. The molecule has 2 aromatic rings. The number of benzene rings is 2. The molecule has 1 atom stereocenters. The lowest BCUT2D eigenvalue weighted by molar-refractivity contribution is -0.00259. The molecule has 0 aliphatic carbocycles. The van der Waals surface area contributed by atoms with Crippen molar-refractivity contribution in [3.63, 3.8) is 0 Å². The molecule has 3 rings (SSSR count). The van der Waals surface area contributed by atoms with E-state index in [1.165, 1.54) is 11.4 Å². The van der Waals surface area contributed by atoms with E-state index >= 15 is 0 Å². The molecule has 0 spiro atoms. The Labute approximate surface area is 149 Å². The van der Waals surface area contributed by atoms with E-state index in [1.54, 1.807) is 12.1 Å². The quantitative estimate of drug-likeness (QED) is 0.840. The Morgan fingerprint density at radius 1 is 1.12 bits per heavy atom. The second-order valence-electron chi connectivity index (χ2n) is 6.22. The first kappa shape index (κ1) is 17.9. The normalized spacial score (nSPS) is 18.9. The highest BCUT2D eigenvalue weighted by Crippen LogP contribution is 2.32. The lowest BCUT2D eigenvalue weighted by Gasteiger charge is -2.32. The monoisotopic (exact) mass is 361 g/mol. The zero-order chi connectivity index (χ0) is 18.0. The summed E-state index contributed by atoms with van der Waals surface area (Å²) in [7, 11) is -2.16. The Kier molecular flexibility index (Phi) is 5.13. The third-order valence-electron chi connectivity index (χ3n) is 4.60. The number of hydrogen-bond donors (Lipinski definition) is 0. The van der Waals surface area contributed by atoms with Crippen LogP contribution in [0.3, 0.4) is 0 Å². The van der Waals surface area contributed by atoms with E-state index in [-0.39, 0.29) is 11.0 Å². The van der Waals surface area contributed by atoms with Gasteiger partial charge in [0, 0.05) is 13.1 Å². The van der Waals surface area contributed by atoms with Crippen molar-refractivity contribution in [1.29, 1.82) is 0 Å². The van der Waals surface area contributed by atoms with Crippen molar-refractivity contribution in [2.75, 3.05) is 26.8 Å². The second kappa shape index (κ2) is 7.15. The van der Waals surface area contributed by atoms with Crippen molar-refractivity contribution in [2.24, 2.45) is 0 Å². The van der Waals surface area contributed by atoms with Gasteiger partial charge in [0.25, 0.3) is 0 Å². The van der Waals surface area contributed by atoms with Gasteiger partial charge in [0.15, 0.2) is 0 Å². The van der Waals surface area contributed by atoms with Gasteiger partial charge >= 0.3 is 0 Å². The third-order valence-corrected chi connectivity index (χ3v) is 6.48. The zero-order valence-electron chi connectivity index (χ0n) is 14.7. The molecule has 134 valence electrons. The molecule has 0 radical (unpaired) electrons. The molecule has 0 N–H and O–H groups in total. The molecule has 1 fully saturated rings. The maximum absolute atomic E-state index is 13.2. The van der Waals surface area contributed by atoms with Gasteiger partial charge in [-0.1, -0.05) is 30.3 Å². The van der Waals surface area contributed by atoms with Crippen molar-refractivity contribution in [1.82, 2.24) is 4.31 Å². The molecular weight excluding hydrogens is 338 g/mol. The number of hydrogen-bond acceptors (Lipinski definition) is 4. The van der Waals surface area contributed by atoms with Gasteiger partial charge in [-0.2, -0.15) is 4.31 Å². The Hall–Kier alpha value is -1.89. The van der Waals surface area contributed by atoms with E-state index in [9.17, 15) is 8.42 Å². The van der Waals surface area contributed by atoms with Gasteiger partial charge in [-0.15, -0.1) is 0 Å². The summed E-state index contributed by atoms with van der Waals surface area (Å²) in [6.07, 6.45) is -0.262. The minimum atomic E-state index is -3.66. The van der Waals surface area contributed by atoms with Gasteiger partial charge in [-0.25, -0.2) is 8.42 Å². The van der Waals surface area contributed by atoms with Gasteiger partial charge in [-0.3, -0.25) is 0 Å². The molecule has 25 heavy (non-hydrogen) atoms. The Morgan fingerprint density at radius 3 is 2.48 bits per heavy atom. The first-order valence-electron chi connectivity index (χ1n) is 8.25. The number of methoxy groups -OCH3 is 1. The lowest BCUT2D eigenvalue weighted by Crippen LogP contribution is -2.42. The number of rotatable bonds is 4. The topological polar surface area (TPSA) is 55.8 Å². The predicted octanol–water partition coefficient (Wildman–Crippen LogP) is 3.07. The minimum absolute atomic E-state index is 0.215. The maximum Gasteiger partial charge on any atom is 0.246 e. The molecule has 0 amide bonds. The molecule has 1 heterocycles. The van der Waals surface area contributed by atoms with Crippen molar-refractivity contribution in [2.45, 2.75) is 24.8 Å². The number of sulfonamides is 1. The first-order valence-corrected chi connectivity index (χ1v) is 9.69. The van der Waals surface area contributed by atoms with E-state index in [2.05, 4.69) is 0 Å². The summed E-state index contributed by atoms with van der Waals surface area (Å²) < 4.78 is 39.0. The van der Waals surface area contributed by atoms with E-state index in [0.717, 1.165) is 16.7 Å². The van der Waals surface area contributed by atoms with Crippen LogP contribution in [0.4, 0.5) is 0 Å². The highest BCUT2D eigenvalue weighted by atomic mass is 32.2. The highest BCUT2D eigenvalue weighted by Gasteiger charge is 2.33. The molecule has 0 aromatic heterocycles. The summed E-state index contributed by atoms with van der Waals surface area (Å²) in [6.45, 7) is 4.84. The van der Waals surface area contributed by atoms with Crippen LogP contribution in [-0.4, -0.2) is 39.5 Å². The van der Waals surface area contributed by atoms with Crippen molar-refractivity contribution < 1.29 is 17.9 Å². The van der Waals surface area contributed by atoms with Crippen LogP contribution in [0.5, 0.6) is 5.75 Å². The number of morpholine rings is 1. The molecule has 5 nitrogen and oxygen atoms in total. The van der Waals surface area contributed by atoms with Gasteiger partial charge < -0.3 is 9.47 Å². The fourth-order valence-electron chi connectivity index (χ4n) is 2.98. The van der Waals surface area contributed by atoms with Crippen LogP contribution in [-0.2, 0) is 14.8 Å². The molecule has 1 aliphatic rings. The molecular formula is C19H23NO4S. The summed E-state index contributed by atoms with van der Waals surface area (Å²) in [6, 6.07) is 13.2. The fourth-order valence-corrected chi connectivity index (χ4v) is 4.62. The Bertz CT molecular complexity index is 849. The van der Waals surface area contributed by atoms with Crippen LogP contribution in [0.15, 0.2) is 47.4 Å². The summed E-state index contributed by atoms with van der Waals surface area (Å²) >= 11 is 0. The standard InChI is InChI=1S/C19H23NO4S/c1-14-11-17(23-3)19(12-15(14)2)25(21,22)20-9-10-24-18(13-20)16-7-5-4-6-8-16/h4-8,11-12,18H,9-10,13H2,1-3H3. The molecule has 1 unspecified atom stereocenters. The number of ether oxygens (including phenoxy) is 2. The van der Waals surface area contributed by atoms with Crippen LogP contribution in [0.25, 0.3) is 0 Å². The van der Waals surface area contributed by atoms with Gasteiger partial charge in [0.1, 0.15) is 10.6 Å². The smallest absolute Gasteiger partial charge is 0.246 e. The molecule has 0 bridgehead atoms. The average molecular weight is 361 g/mol. The predicted molar refractivity (Wildman–Crippen MR) is 96.4 cm³/mol. The minimum Gasteiger partial charge on any atom is -0.495 e. The highest BCUT2D eigenvalue weighted by molar-refractivity contribution is 7.89. The SMILES string of the molecule is COc1cc(C)c(C)cc1S(=O)(=O)N1CCOC(c2ccccc2)C1. The van der Waals surface area contributed by atoms with E-state index in [4.69, 9.17) is 9.47 Å². The molecule has 6 heteroatoms. The third kappa shape index (κ3) is 3.56. The van der Waals surface area contributed by atoms with Gasteiger partial charge in [-0.05, 0) is 42.7 Å². The maximum atomic E-state index is 13.2. The summed E-state index contributed by atoms with van der Waals surface area (Å²) in [4.78, 5) is 0.215. The number of aryl methyl sites for hydroxylation is 2. The van der Waals surface area contributed by atoms with Gasteiger partial charge in [0.05, 0.1) is 19.8 Å². The van der Waals surface area contributed by atoms with Crippen molar-refractivity contribution in [3.05, 3.63) is 59.2 Å². The Balaban J connectivity index is 1.94. The first-order chi connectivity index (χ1) is 11.9. The van der Waals surface area contributed by atoms with E-state index in [0.29, 0.717) is 25.4 Å². The molecule has 1 saturated heterocycles. The van der Waals surface area contributed by atoms with Crippen LogP contribution < -0.4 is 4.74 Å². The lowest BCUT2D eigenvalue weighted by atomic mass is 10.1. The average Bonchev–Trinajstić information content (AvgIpc) is 2.64. The van der Waals surface area contributed by atoms with E-state index in [1.807, 2.05) is 44.2 Å². The van der Waals surface area contributed by atoms with Crippen LogP contribution in [0.2, 0.25) is 0 Å². The summed E-state index contributed by atoms with van der Waals surface area (Å²) in [5, 5.41) is 0. The zero-order valence-corrected chi connectivity index (χ0v) is 15.5. The molecule has 0 saturated carbocycles. The van der Waals surface area contributed by atoms with Crippen molar-refractivity contribution >= 4 is 10.0 Å². The van der Waals surface area contributed by atoms with Crippen LogP contribution in [0, 0.1) is 13.8 Å². The van der Waals surface area contributed by atoms with Crippen molar-refractivity contribution in [3.8, 4) is 5.75 Å². The van der Waals surface area contributed by atoms with Gasteiger partial charge in [0.2, 0.25) is 10.0 Å². The summed E-state index contributed by atoms with van der Waals surface area (Å²) in [5.41, 5.74) is 2.90. The molecule has 1 aliphatic heterocycles.